The number of rotatable bonds is 9. The van der Waals surface area contributed by atoms with Gasteiger partial charge in [-0.3, -0.25) is 9.69 Å². The van der Waals surface area contributed by atoms with Crippen LogP contribution >= 0.6 is 0 Å². The number of carbonyl (C=O) groups is 2. The molecule has 1 saturated carbocycles. The van der Waals surface area contributed by atoms with Gasteiger partial charge in [0.1, 0.15) is 5.82 Å². The second kappa shape index (κ2) is 11.7. The summed E-state index contributed by atoms with van der Waals surface area (Å²) in [7, 11) is 0. The fourth-order valence-electron chi connectivity index (χ4n) is 5.74. The van der Waals surface area contributed by atoms with E-state index < -0.39 is 6.09 Å². The molecule has 0 unspecified atom stereocenters. The molecule has 0 atom stereocenters. The van der Waals surface area contributed by atoms with Gasteiger partial charge in [0.05, 0.1) is 6.26 Å². The first-order valence-corrected chi connectivity index (χ1v) is 12.9. The second-order valence-electron chi connectivity index (χ2n) is 10.2. The van der Waals surface area contributed by atoms with Crippen LogP contribution in [-0.4, -0.2) is 59.2 Å². The van der Waals surface area contributed by atoms with E-state index in [1.807, 2.05) is 24.0 Å². The van der Waals surface area contributed by atoms with Crippen LogP contribution in [0.3, 0.4) is 0 Å². The molecule has 35 heavy (non-hydrogen) atoms. The number of hydrogen-bond donors (Lipinski definition) is 2. The van der Waals surface area contributed by atoms with Gasteiger partial charge in [-0.1, -0.05) is 25.3 Å². The first-order chi connectivity index (χ1) is 17.0. The maximum Gasteiger partial charge on any atom is 0.404 e. The molecule has 8 heteroatoms. The van der Waals surface area contributed by atoms with Crippen molar-refractivity contribution in [3.05, 3.63) is 48.0 Å². The molecule has 1 aliphatic heterocycles. The van der Waals surface area contributed by atoms with Gasteiger partial charge in [0, 0.05) is 31.9 Å². The van der Waals surface area contributed by atoms with Crippen molar-refractivity contribution in [1.82, 2.24) is 15.2 Å². The molecule has 2 aliphatic rings. The fraction of sp³-hybridized carbons (Fsp3) is 0.593. The molecular weight excluding hydrogens is 444 g/mol. The molecule has 2 N–H and O–H groups in total. The Balaban J connectivity index is 1.37. The number of aryl methyl sites for hydroxylation is 1. The van der Waals surface area contributed by atoms with E-state index in [1.165, 1.54) is 38.4 Å². The first-order valence-electron chi connectivity index (χ1n) is 12.9. The van der Waals surface area contributed by atoms with Crippen LogP contribution in [0, 0.1) is 12.3 Å². The Kier molecular flexibility index (Phi) is 8.44. The minimum atomic E-state index is -0.935. The molecule has 0 bridgehead atoms. The second-order valence-corrected chi connectivity index (χ2v) is 10.2. The van der Waals surface area contributed by atoms with Crippen LogP contribution in [0.15, 0.2) is 41.1 Å². The lowest BCUT2D eigenvalue weighted by molar-refractivity contribution is 0.0917. The summed E-state index contributed by atoms with van der Waals surface area (Å²) in [5.41, 5.74) is 1.30. The monoisotopic (exact) mass is 482 g/mol. The van der Waals surface area contributed by atoms with Gasteiger partial charge >= 0.3 is 6.09 Å². The fourth-order valence-corrected chi connectivity index (χ4v) is 5.74. The molecule has 2 aromatic heterocycles. The van der Waals surface area contributed by atoms with Crippen LogP contribution < -0.4 is 10.2 Å². The van der Waals surface area contributed by atoms with E-state index >= 15 is 0 Å². The Morgan fingerprint density at radius 3 is 2.57 bits per heavy atom. The van der Waals surface area contributed by atoms with Crippen molar-refractivity contribution in [2.24, 2.45) is 5.41 Å². The first kappa shape index (κ1) is 25.2. The van der Waals surface area contributed by atoms with Crippen LogP contribution in [0.5, 0.6) is 0 Å². The standard InChI is InChI=1S/C27H38N4O4/c1-21-7-8-24(29-20-21)31(25(32)23-6-5-19-35-23)22-9-16-30(17-10-22)18-14-27(11-3-2-4-12-27)13-15-28-26(33)34/h5-8,19-20,22,28H,2-4,9-18H2,1H3,(H,33,34). The number of amides is 2. The quantitative estimate of drug-likeness (QED) is 0.516. The van der Waals surface area contributed by atoms with Crippen LogP contribution in [0.25, 0.3) is 0 Å². The minimum absolute atomic E-state index is 0.0717. The number of anilines is 1. The number of nitrogens with one attached hydrogen (secondary N) is 1. The molecule has 0 aromatic carbocycles. The highest BCUT2D eigenvalue weighted by Gasteiger charge is 2.35. The van der Waals surface area contributed by atoms with Gasteiger partial charge < -0.3 is 19.7 Å². The Bertz CT molecular complexity index is 946. The average molecular weight is 483 g/mol. The van der Waals surface area contributed by atoms with E-state index in [-0.39, 0.29) is 17.4 Å². The van der Waals surface area contributed by atoms with Gasteiger partial charge in [-0.15, -0.1) is 0 Å². The molecule has 3 heterocycles. The zero-order valence-corrected chi connectivity index (χ0v) is 20.7. The number of carboxylic acid groups (broad SMARTS) is 1. The van der Waals surface area contributed by atoms with Crippen LogP contribution in [0.4, 0.5) is 10.6 Å². The largest absolute Gasteiger partial charge is 0.465 e. The lowest BCUT2D eigenvalue weighted by Crippen LogP contribution is -2.48. The van der Waals surface area contributed by atoms with E-state index in [2.05, 4.69) is 15.2 Å². The summed E-state index contributed by atoms with van der Waals surface area (Å²) >= 11 is 0. The number of likely N-dealkylation sites (tertiary alicyclic amines) is 1. The molecule has 190 valence electrons. The predicted octanol–water partition coefficient (Wildman–Crippen LogP) is 5.09. The zero-order valence-electron chi connectivity index (χ0n) is 20.7. The van der Waals surface area contributed by atoms with Crippen molar-refractivity contribution in [2.75, 3.05) is 31.1 Å². The lowest BCUT2D eigenvalue weighted by atomic mass is 9.69. The van der Waals surface area contributed by atoms with Crippen molar-refractivity contribution in [3.63, 3.8) is 0 Å². The van der Waals surface area contributed by atoms with Gasteiger partial charge in [-0.2, -0.15) is 0 Å². The third-order valence-corrected chi connectivity index (χ3v) is 7.82. The maximum absolute atomic E-state index is 13.3. The average Bonchev–Trinajstić information content (AvgIpc) is 3.41. The third-order valence-electron chi connectivity index (χ3n) is 7.82. The van der Waals surface area contributed by atoms with Gasteiger partial charge in [0.25, 0.3) is 5.91 Å². The third kappa shape index (κ3) is 6.63. The number of furan rings is 1. The minimum Gasteiger partial charge on any atom is -0.465 e. The smallest absolute Gasteiger partial charge is 0.404 e. The van der Waals surface area contributed by atoms with E-state index in [9.17, 15) is 9.59 Å². The van der Waals surface area contributed by atoms with Crippen LogP contribution in [0.2, 0.25) is 0 Å². The number of hydrogen-bond acceptors (Lipinski definition) is 5. The Labute approximate surface area is 207 Å². The normalized spacial score (nSPS) is 18.8. The van der Waals surface area contributed by atoms with E-state index in [0.29, 0.717) is 18.1 Å². The van der Waals surface area contributed by atoms with Crippen LogP contribution in [0.1, 0.15) is 73.9 Å². The Hall–Kier alpha value is -2.87. The summed E-state index contributed by atoms with van der Waals surface area (Å²) in [6, 6.07) is 7.43. The van der Waals surface area contributed by atoms with E-state index in [1.54, 1.807) is 18.3 Å². The van der Waals surface area contributed by atoms with Crippen LogP contribution in [-0.2, 0) is 0 Å². The summed E-state index contributed by atoms with van der Waals surface area (Å²) in [4.78, 5) is 33.1. The zero-order chi connectivity index (χ0) is 24.7. The van der Waals surface area contributed by atoms with Gasteiger partial charge in [0.15, 0.2) is 5.76 Å². The number of piperidine rings is 1. The molecular formula is C27H38N4O4. The molecule has 1 saturated heterocycles. The summed E-state index contributed by atoms with van der Waals surface area (Å²) in [6.07, 6.45) is 12.3. The lowest BCUT2D eigenvalue weighted by Gasteiger charge is -2.41. The number of carbonyl (C=O) groups excluding carboxylic acids is 1. The SMILES string of the molecule is Cc1ccc(N(C(=O)c2ccco2)C2CCN(CCC3(CCNC(=O)O)CCCCC3)CC2)nc1. The van der Waals surface area contributed by atoms with E-state index in [0.717, 1.165) is 50.9 Å². The summed E-state index contributed by atoms with van der Waals surface area (Å²) in [5.74, 6) is 0.864. The molecule has 2 amide bonds. The highest BCUT2D eigenvalue weighted by molar-refractivity contribution is 6.04. The molecule has 1 aliphatic carbocycles. The van der Waals surface area contributed by atoms with Crippen molar-refractivity contribution < 1.29 is 19.1 Å². The topological polar surface area (TPSA) is 98.9 Å². The van der Waals surface area contributed by atoms with Crippen molar-refractivity contribution in [1.29, 1.82) is 0 Å². The molecule has 2 fully saturated rings. The highest BCUT2D eigenvalue weighted by Crippen LogP contribution is 2.42. The van der Waals surface area contributed by atoms with Crippen molar-refractivity contribution in [2.45, 2.75) is 70.8 Å². The summed E-state index contributed by atoms with van der Waals surface area (Å²) in [5, 5.41) is 11.5. The molecule has 0 spiro atoms. The van der Waals surface area contributed by atoms with Gasteiger partial charge in [0.2, 0.25) is 0 Å². The number of nitrogens with zero attached hydrogens (tertiary/aromatic N) is 3. The van der Waals surface area contributed by atoms with Crippen molar-refractivity contribution in [3.8, 4) is 0 Å². The molecule has 4 rings (SSSR count). The number of pyridine rings is 1. The van der Waals surface area contributed by atoms with Crippen molar-refractivity contribution >= 4 is 17.8 Å². The van der Waals surface area contributed by atoms with Gasteiger partial charge in [-0.05, 0) is 81.2 Å². The molecule has 0 radical (unpaired) electrons. The number of aromatic nitrogens is 1. The maximum atomic E-state index is 13.3. The Morgan fingerprint density at radius 2 is 1.94 bits per heavy atom. The molecule has 2 aromatic rings. The highest BCUT2D eigenvalue weighted by atomic mass is 16.4. The van der Waals surface area contributed by atoms with Gasteiger partial charge in [-0.25, -0.2) is 9.78 Å². The predicted molar refractivity (Wildman–Crippen MR) is 135 cm³/mol. The van der Waals surface area contributed by atoms with E-state index in [4.69, 9.17) is 9.52 Å². The Morgan fingerprint density at radius 1 is 1.17 bits per heavy atom. The summed E-state index contributed by atoms with van der Waals surface area (Å²) in [6.45, 7) is 5.41. The molecule has 8 nitrogen and oxygen atoms in total. The summed E-state index contributed by atoms with van der Waals surface area (Å²) < 4.78 is 5.43.